The first-order chi connectivity index (χ1) is 6.45. The molecule has 3 nitrogen and oxygen atoms in total. The Morgan fingerprint density at radius 3 is 3.00 bits per heavy atom. The van der Waals surface area contributed by atoms with E-state index < -0.39 is 0 Å². The van der Waals surface area contributed by atoms with Crippen molar-refractivity contribution in [1.82, 2.24) is 10.3 Å². The second-order valence-corrected chi connectivity index (χ2v) is 3.41. The zero-order chi connectivity index (χ0) is 8.93. The lowest BCUT2D eigenvalue weighted by Crippen LogP contribution is -2.29. The molecule has 1 fully saturated rings. The van der Waals surface area contributed by atoms with Gasteiger partial charge in [0.25, 0.3) is 0 Å². The molecule has 1 aromatic heterocycles. The van der Waals surface area contributed by atoms with Crippen LogP contribution in [0.1, 0.15) is 12.8 Å². The topological polar surface area (TPSA) is 37.0 Å². The molecule has 0 unspecified atom stereocenters. The molecule has 13 heavy (non-hydrogen) atoms. The van der Waals surface area contributed by atoms with Gasteiger partial charge in [-0.2, -0.15) is 0 Å². The summed E-state index contributed by atoms with van der Waals surface area (Å²) in [7, 11) is 0. The van der Waals surface area contributed by atoms with Gasteiger partial charge in [0.1, 0.15) is 0 Å². The smallest absolute Gasteiger partial charge is 0.0371 e. The number of nitrogens with one attached hydrogen (secondary N) is 2. The molecule has 1 atom stereocenters. The Labute approximate surface area is 78.6 Å². The van der Waals surface area contributed by atoms with Crippen LogP contribution in [0.5, 0.6) is 0 Å². The van der Waals surface area contributed by atoms with Crippen molar-refractivity contribution < 1.29 is 0 Å². The highest BCUT2D eigenvalue weighted by atomic mass is 15.0. The molecule has 2 rings (SSSR count). The van der Waals surface area contributed by atoms with Crippen molar-refractivity contribution in [1.29, 1.82) is 0 Å². The van der Waals surface area contributed by atoms with Crippen LogP contribution in [0.25, 0.3) is 0 Å². The Balaban J connectivity index is 1.79. The van der Waals surface area contributed by atoms with E-state index in [1.165, 1.54) is 19.4 Å². The van der Waals surface area contributed by atoms with Crippen molar-refractivity contribution in [3.8, 4) is 0 Å². The number of aromatic nitrogens is 1. The quantitative estimate of drug-likeness (QED) is 0.729. The monoisotopic (exact) mass is 177 g/mol. The highest BCUT2D eigenvalue weighted by Gasteiger charge is 2.12. The van der Waals surface area contributed by atoms with Crippen LogP contribution in [0.4, 0.5) is 5.69 Å². The molecule has 1 aromatic rings. The fourth-order valence-electron chi connectivity index (χ4n) is 1.64. The average Bonchev–Trinajstić information content (AvgIpc) is 2.69. The lowest BCUT2D eigenvalue weighted by molar-refractivity contribution is 0.633. The van der Waals surface area contributed by atoms with E-state index in [0.717, 1.165) is 12.2 Å². The Kier molecular flexibility index (Phi) is 2.77. The summed E-state index contributed by atoms with van der Waals surface area (Å²) in [5.41, 5.74) is 1.16. The second-order valence-electron chi connectivity index (χ2n) is 3.41. The summed E-state index contributed by atoms with van der Waals surface area (Å²) in [5.74, 6) is 0. The molecule has 0 spiro atoms. The van der Waals surface area contributed by atoms with Gasteiger partial charge in [0.05, 0.1) is 0 Å². The molecule has 0 aliphatic carbocycles. The minimum absolute atomic E-state index is 0.646. The number of pyridine rings is 1. The number of hydrogen-bond donors (Lipinski definition) is 2. The van der Waals surface area contributed by atoms with E-state index in [-0.39, 0.29) is 0 Å². The SMILES string of the molecule is c1cc(NC[C@@H]2CCCN2)ccn1. The van der Waals surface area contributed by atoms with Gasteiger partial charge in [-0.3, -0.25) is 4.98 Å². The average molecular weight is 177 g/mol. The van der Waals surface area contributed by atoms with Crippen molar-refractivity contribution in [2.75, 3.05) is 18.4 Å². The minimum atomic E-state index is 0.646. The molecule has 1 aliphatic heterocycles. The highest BCUT2D eigenvalue weighted by Crippen LogP contribution is 2.07. The van der Waals surface area contributed by atoms with Crippen molar-refractivity contribution in [2.45, 2.75) is 18.9 Å². The van der Waals surface area contributed by atoms with Crippen LogP contribution >= 0.6 is 0 Å². The zero-order valence-corrected chi connectivity index (χ0v) is 7.66. The maximum atomic E-state index is 3.97. The standard InChI is InChI=1S/C10H15N3/c1-2-10(12-5-1)8-13-9-3-6-11-7-4-9/h3-4,6-7,10,12H,1-2,5,8H2,(H,11,13)/t10-/m0/s1. The summed E-state index contributed by atoms with van der Waals surface area (Å²) in [6.45, 7) is 2.19. The zero-order valence-electron chi connectivity index (χ0n) is 7.66. The number of hydrogen-bond acceptors (Lipinski definition) is 3. The summed E-state index contributed by atoms with van der Waals surface area (Å²) < 4.78 is 0. The Morgan fingerprint density at radius 2 is 2.31 bits per heavy atom. The van der Waals surface area contributed by atoms with Crippen molar-refractivity contribution in [2.24, 2.45) is 0 Å². The predicted octanol–water partition coefficient (Wildman–Crippen LogP) is 1.25. The third-order valence-corrected chi connectivity index (χ3v) is 2.40. The summed E-state index contributed by atoms with van der Waals surface area (Å²) in [5, 5.41) is 6.83. The first kappa shape index (κ1) is 8.51. The molecule has 2 N–H and O–H groups in total. The maximum Gasteiger partial charge on any atom is 0.0371 e. The van der Waals surface area contributed by atoms with E-state index >= 15 is 0 Å². The van der Waals surface area contributed by atoms with Crippen LogP contribution < -0.4 is 10.6 Å². The van der Waals surface area contributed by atoms with E-state index in [1.54, 1.807) is 0 Å². The summed E-state index contributed by atoms with van der Waals surface area (Å²) in [4.78, 5) is 3.97. The fraction of sp³-hybridized carbons (Fsp3) is 0.500. The van der Waals surface area contributed by atoms with Gasteiger partial charge >= 0.3 is 0 Å². The minimum Gasteiger partial charge on any atom is -0.383 e. The van der Waals surface area contributed by atoms with Gasteiger partial charge in [0, 0.05) is 30.7 Å². The lowest BCUT2D eigenvalue weighted by Gasteiger charge is -2.11. The summed E-state index contributed by atoms with van der Waals surface area (Å²) in [6, 6.07) is 4.64. The lowest BCUT2D eigenvalue weighted by atomic mass is 10.2. The molecule has 0 bridgehead atoms. The molecule has 0 aromatic carbocycles. The van der Waals surface area contributed by atoms with Crippen LogP contribution in [0.3, 0.4) is 0 Å². The fourth-order valence-corrected chi connectivity index (χ4v) is 1.64. The first-order valence-corrected chi connectivity index (χ1v) is 4.82. The first-order valence-electron chi connectivity index (χ1n) is 4.82. The number of nitrogens with zero attached hydrogens (tertiary/aromatic N) is 1. The van der Waals surface area contributed by atoms with Crippen LogP contribution in [0.2, 0.25) is 0 Å². The molecule has 70 valence electrons. The molecule has 2 heterocycles. The van der Waals surface area contributed by atoms with E-state index in [9.17, 15) is 0 Å². The van der Waals surface area contributed by atoms with Crippen LogP contribution in [-0.4, -0.2) is 24.1 Å². The summed E-state index contributed by atoms with van der Waals surface area (Å²) >= 11 is 0. The summed E-state index contributed by atoms with van der Waals surface area (Å²) in [6.07, 6.45) is 6.22. The highest BCUT2D eigenvalue weighted by molar-refractivity contribution is 5.40. The second kappa shape index (κ2) is 4.23. The molecule has 1 saturated heterocycles. The number of rotatable bonds is 3. The third kappa shape index (κ3) is 2.42. The van der Waals surface area contributed by atoms with E-state index in [4.69, 9.17) is 0 Å². The van der Waals surface area contributed by atoms with Crippen molar-refractivity contribution in [3.63, 3.8) is 0 Å². The largest absolute Gasteiger partial charge is 0.383 e. The molecule has 0 radical (unpaired) electrons. The molecule has 0 amide bonds. The number of anilines is 1. The van der Waals surface area contributed by atoms with Crippen LogP contribution in [0, 0.1) is 0 Å². The molecule has 3 heteroatoms. The Bertz CT molecular complexity index is 242. The van der Waals surface area contributed by atoms with Gasteiger partial charge < -0.3 is 10.6 Å². The Morgan fingerprint density at radius 1 is 1.46 bits per heavy atom. The Hall–Kier alpha value is -1.09. The van der Waals surface area contributed by atoms with E-state index in [2.05, 4.69) is 15.6 Å². The van der Waals surface area contributed by atoms with Gasteiger partial charge in [-0.1, -0.05) is 0 Å². The van der Waals surface area contributed by atoms with Gasteiger partial charge in [0.2, 0.25) is 0 Å². The van der Waals surface area contributed by atoms with Crippen molar-refractivity contribution in [3.05, 3.63) is 24.5 Å². The van der Waals surface area contributed by atoms with Crippen molar-refractivity contribution >= 4 is 5.69 Å². The van der Waals surface area contributed by atoms with Crippen LogP contribution in [-0.2, 0) is 0 Å². The van der Waals surface area contributed by atoms with E-state index in [1.807, 2.05) is 24.5 Å². The third-order valence-electron chi connectivity index (χ3n) is 2.40. The van der Waals surface area contributed by atoms with E-state index in [0.29, 0.717) is 6.04 Å². The molecular formula is C10H15N3. The molecule has 0 saturated carbocycles. The molecular weight excluding hydrogens is 162 g/mol. The predicted molar refractivity (Wildman–Crippen MR) is 53.8 cm³/mol. The van der Waals surface area contributed by atoms with Gasteiger partial charge in [-0.15, -0.1) is 0 Å². The normalized spacial score (nSPS) is 21.7. The van der Waals surface area contributed by atoms with Gasteiger partial charge in [-0.25, -0.2) is 0 Å². The van der Waals surface area contributed by atoms with Crippen LogP contribution in [0.15, 0.2) is 24.5 Å². The maximum absolute atomic E-state index is 3.97. The van der Waals surface area contributed by atoms with Gasteiger partial charge in [-0.05, 0) is 31.5 Å². The molecule has 1 aliphatic rings. The van der Waals surface area contributed by atoms with Gasteiger partial charge in [0.15, 0.2) is 0 Å².